The number of hydrogen-bond donors (Lipinski definition) is 1. The number of pyridine rings is 1. The fourth-order valence-corrected chi connectivity index (χ4v) is 2.15. The van der Waals surface area contributed by atoms with Crippen LogP contribution in [-0.2, 0) is 4.79 Å². The number of amides is 1. The molecular formula is C18H20N2O. The highest BCUT2D eigenvalue weighted by Gasteiger charge is 2.10. The molecule has 1 N–H and O–H groups in total. The summed E-state index contributed by atoms with van der Waals surface area (Å²) in [5.74, 6) is 0.234. The smallest absolute Gasteiger partial charge is 0.248 e. The number of benzene rings is 1. The van der Waals surface area contributed by atoms with Crippen LogP contribution < -0.4 is 5.32 Å². The van der Waals surface area contributed by atoms with E-state index in [0.29, 0.717) is 5.92 Å². The zero-order valence-electron chi connectivity index (χ0n) is 12.6. The summed E-state index contributed by atoms with van der Waals surface area (Å²) in [6.07, 6.45) is 6.72. The van der Waals surface area contributed by atoms with Crippen molar-refractivity contribution < 1.29 is 4.79 Å². The quantitative estimate of drug-likeness (QED) is 0.854. The Morgan fingerprint density at radius 1 is 1.24 bits per heavy atom. The topological polar surface area (TPSA) is 42.0 Å². The molecule has 0 aliphatic carbocycles. The van der Waals surface area contributed by atoms with Gasteiger partial charge in [-0.2, -0.15) is 0 Å². The molecule has 0 unspecified atom stereocenters. The van der Waals surface area contributed by atoms with Crippen LogP contribution in [0.2, 0.25) is 0 Å². The molecule has 3 heteroatoms. The number of carbonyl (C=O) groups excluding carboxylic acids is 1. The lowest BCUT2D eigenvalue weighted by Crippen LogP contribution is -2.11. The van der Waals surface area contributed by atoms with Crippen LogP contribution in [0.25, 0.3) is 6.08 Å². The van der Waals surface area contributed by atoms with Crippen LogP contribution in [0.3, 0.4) is 0 Å². The van der Waals surface area contributed by atoms with Crippen LogP contribution in [0.4, 0.5) is 5.69 Å². The Hall–Kier alpha value is -2.42. The predicted molar refractivity (Wildman–Crippen MR) is 87.2 cm³/mol. The van der Waals surface area contributed by atoms with Gasteiger partial charge in [-0.25, -0.2) is 0 Å². The molecule has 1 aromatic heterocycles. The zero-order valence-corrected chi connectivity index (χ0v) is 12.6. The van der Waals surface area contributed by atoms with Crippen LogP contribution in [0.1, 0.15) is 36.5 Å². The van der Waals surface area contributed by atoms with Gasteiger partial charge in [0.25, 0.3) is 0 Å². The maximum atomic E-state index is 12.1. The lowest BCUT2D eigenvalue weighted by molar-refractivity contribution is -0.111. The van der Waals surface area contributed by atoms with E-state index >= 15 is 0 Å². The fraction of sp³-hybridized carbons (Fsp3) is 0.222. The minimum absolute atomic E-state index is 0.130. The molecule has 1 aromatic carbocycles. The van der Waals surface area contributed by atoms with Gasteiger partial charge in [-0.15, -0.1) is 0 Å². The summed E-state index contributed by atoms with van der Waals surface area (Å²) in [6.45, 7) is 6.25. The Morgan fingerprint density at radius 3 is 2.71 bits per heavy atom. The summed E-state index contributed by atoms with van der Waals surface area (Å²) in [4.78, 5) is 16.1. The third-order valence-electron chi connectivity index (χ3n) is 3.29. The highest BCUT2D eigenvalue weighted by atomic mass is 16.1. The average Bonchev–Trinajstić information content (AvgIpc) is 2.48. The van der Waals surface area contributed by atoms with E-state index in [1.165, 1.54) is 6.08 Å². The molecule has 0 aliphatic rings. The summed E-state index contributed by atoms with van der Waals surface area (Å²) >= 11 is 0. The second-order valence-electron chi connectivity index (χ2n) is 5.30. The van der Waals surface area contributed by atoms with E-state index < -0.39 is 0 Å². The molecular weight excluding hydrogens is 260 g/mol. The van der Waals surface area contributed by atoms with Crippen molar-refractivity contribution in [2.75, 3.05) is 5.32 Å². The summed E-state index contributed by atoms with van der Waals surface area (Å²) in [6, 6.07) is 9.83. The molecule has 0 spiro atoms. The number of hydrogen-bond acceptors (Lipinski definition) is 2. The monoisotopic (exact) mass is 280 g/mol. The minimum atomic E-state index is -0.130. The molecule has 108 valence electrons. The van der Waals surface area contributed by atoms with Gasteiger partial charge in [0.1, 0.15) is 0 Å². The summed E-state index contributed by atoms with van der Waals surface area (Å²) in [5.41, 5.74) is 4.04. The van der Waals surface area contributed by atoms with Crippen molar-refractivity contribution >= 4 is 17.7 Å². The number of anilines is 1. The normalized spacial score (nSPS) is 11.0. The number of carbonyl (C=O) groups is 1. The van der Waals surface area contributed by atoms with Gasteiger partial charge in [-0.05, 0) is 41.7 Å². The van der Waals surface area contributed by atoms with Crippen molar-refractivity contribution in [3.63, 3.8) is 0 Å². The van der Waals surface area contributed by atoms with Gasteiger partial charge in [0, 0.05) is 24.2 Å². The molecule has 0 bridgehead atoms. The number of para-hydroxylation sites is 1. The predicted octanol–water partition coefficient (Wildman–Crippen LogP) is 4.17. The number of nitrogens with zero attached hydrogens (tertiary/aromatic N) is 1. The molecule has 2 rings (SSSR count). The van der Waals surface area contributed by atoms with Crippen LogP contribution in [0, 0.1) is 6.92 Å². The van der Waals surface area contributed by atoms with Crippen LogP contribution in [0.5, 0.6) is 0 Å². The van der Waals surface area contributed by atoms with E-state index in [9.17, 15) is 4.79 Å². The molecule has 2 aromatic rings. The Bertz CT molecular complexity index is 646. The minimum Gasteiger partial charge on any atom is -0.322 e. The lowest BCUT2D eigenvalue weighted by Gasteiger charge is -2.15. The van der Waals surface area contributed by atoms with Gasteiger partial charge in [0.05, 0.1) is 0 Å². The van der Waals surface area contributed by atoms with E-state index in [-0.39, 0.29) is 5.91 Å². The molecule has 1 heterocycles. The van der Waals surface area contributed by atoms with Gasteiger partial charge in [0.15, 0.2) is 0 Å². The molecule has 0 radical (unpaired) electrons. The first-order valence-corrected chi connectivity index (χ1v) is 7.06. The van der Waals surface area contributed by atoms with E-state index in [0.717, 1.165) is 22.4 Å². The van der Waals surface area contributed by atoms with Crippen LogP contribution in [0.15, 0.2) is 48.8 Å². The maximum absolute atomic E-state index is 12.1. The molecule has 21 heavy (non-hydrogen) atoms. The van der Waals surface area contributed by atoms with E-state index in [1.54, 1.807) is 18.5 Å². The van der Waals surface area contributed by atoms with Gasteiger partial charge >= 0.3 is 0 Å². The largest absolute Gasteiger partial charge is 0.322 e. The van der Waals surface area contributed by atoms with E-state index in [2.05, 4.69) is 30.2 Å². The van der Waals surface area contributed by atoms with Crippen molar-refractivity contribution in [1.82, 2.24) is 4.98 Å². The number of aryl methyl sites for hydroxylation is 1. The highest BCUT2D eigenvalue weighted by molar-refractivity contribution is 6.02. The number of aromatic nitrogens is 1. The third kappa shape index (κ3) is 4.02. The molecule has 0 saturated carbocycles. The fourth-order valence-electron chi connectivity index (χ4n) is 2.15. The third-order valence-corrected chi connectivity index (χ3v) is 3.29. The summed E-state index contributed by atoms with van der Waals surface area (Å²) in [7, 11) is 0. The number of rotatable bonds is 4. The number of nitrogens with one attached hydrogen (secondary N) is 1. The lowest BCUT2D eigenvalue weighted by atomic mass is 9.98. The first-order chi connectivity index (χ1) is 10.1. The van der Waals surface area contributed by atoms with Crippen LogP contribution in [-0.4, -0.2) is 10.9 Å². The summed E-state index contributed by atoms with van der Waals surface area (Å²) < 4.78 is 0. The van der Waals surface area contributed by atoms with Gasteiger partial charge < -0.3 is 5.32 Å². The first-order valence-electron chi connectivity index (χ1n) is 7.06. The molecule has 1 amide bonds. The van der Waals surface area contributed by atoms with Gasteiger partial charge in [0.2, 0.25) is 5.91 Å². The molecule has 3 nitrogen and oxygen atoms in total. The Balaban J connectivity index is 2.15. The Morgan fingerprint density at radius 2 is 2.05 bits per heavy atom. The molecule has 0 aliphatic heterocycles. The van der Waals surface area contributed by atoms with E-state index in [1.807, 2.05) is 31.2 Å². The van der Waals surface area contributed by atoms with Crippen molar-refractivity contribution in [3.8, 4) is 0 Å². The standard InChI is InChI=1S/C18H20N2O/c1-13(2)16-8-4-6-14(3)18(16)20-17(21)10-9-15-7-5-11-19-12-15/h4-13H,1-3H3,(H,20,21). The second kappa shape index (κ2) is 6.84. The first kappa shape index (κ1) is 15.0. The second-order valence-corrected chi connectivity index (χ2v) is 5.30. The van der Waals surface area contributed by atoms with Crippen molar-refractivity contribution in [2.45, 2.75) is 26.7 Å². The van der Waals surface area contributed by atoms with Gasteiger partial charge in [-0.3, -0.25) is 9.78 Å². The average molecular weight is 280 g/mol. The van der Waals surface area contributed by atoms with Crippen LogP contribution >= 0.6 is 0 Å². The van der Waals surface area contributed by atoms with Gasteiger partial charge in [-0.1, -0.05) is 38.1 Å². The summed E-state index contributed by atoms with van der Waals surface area (Å²) in [5, 5.41) is 2.98. The van der Waals surface area contributed by atoms with E-state index in [4.69, 9.17) is 0 Å². The molecule has 0 atom stereocenters. The molecule has 0 saturated heterocycles. The Kier molecular flexibility index (Phi) is 4.88. The Labute approximate surface area is 125 Å². The maximum Gasteiger partial charge on any atom is 0.248 e. The van der Waals surface area contributed by atoms with Crippen molar-refractivity contribution in [1.29, 1.82) is 0 Å². The van der Waals surface area contributed by atoms with Crippen molar-refractivity contribution in [3.05, 3.63) is 65.5 Å². The SMILES string of the molecule is Cc1cccc(C(C)C)c1NC(=O)C=Cc1cccnc1. The van der Waals surface area contributed by atoms with Crippen molar-refractivity contribution in [2.24, 2.45) is 0 Å². The highest BCUT2D eigenvalue weighted by Crippen LogP contribution is 2.27. The molecule has 0 fully saturated rings. The zero-order chi connectivity index (χ0) is 15.2.